The summed E-state index contributed by atoms with van der Waals surface area (Å²) in [6.07, 6.45) is 0. The number of nitrogens with one attached hydrogen (secondary N) is 2. The van der Waals surface area contributed by atoms with Crippen LogP contribution in [0.3, 0.4) is 0 Å². The first-order valence-electron chi connectivity index (χ1n) is 10.9. The molecule has 1 atom stereocenters. The number of hydrogen-bond acceptors (Lipinski definition) is 11. The highest BCUT2D eigenvalue weighted by Gasteiger charge is 2.29. The lowest BCUT2D eigenvalue weighted by Gasteiger charge is -2.22. The lowest BCUT2D eigenvalue weighted by Crippen LogP contribution is -2.39. The van der Waals surface area contributed by atoms with Crippen LogP contribution in [0, 0.1) is 0 Å². The Morgan fingerprint density at radius 3 is 2.05 bits per heavy atom. The molecule has 0 spiro atoms. The lowest BCUT2D eigenvalue weighted by molar-refractivity contribution is -0.127. The molecule has 1 amide bonds. The Bertz CT molecular complexity index is 1590. The zero-order valence-corrected chi connectivity index (χ0v) is 21.0. The van der Waals surface area contributed by atoms with Gasteiger partial charge < -0.3 is 29.1 Å². The van der Waals surface area contributed by atoms with Gasteiger partial charge in [-0.3, -0.25) is 19.2 Å². The van der Waals surface area contributed by atoms with Crippen molar-refractivity contribution in [1.29, 1.82) is 0 Å². The molecule has 0 saturated carbocycles. The lowest BCUT2D eigenvalue weighted by atomic mass is 10.1. The number of azo groups is 1. The number of esters is 2. The molecule has 14 nitrogen and oxygen atoms in total. The van der Waals surface area contributed by atoms with Crippen molar-refractivity contribution in [2.75, 3.05) is 33.3 Å². The zero-order valence-electron chi connectivity index (χ0n) is 21.0. The predicted molar refractivity (Wildman–Crippen MR) is 133 cm³/mol. The Morgan fingerprint density at radius 2 is 1.50 bits per heavy atom. The summed E-state index contributed by atoms with van der Waals surface area (Å²) in [4.78, 5) is 79.1. The van der Waals surface area contributed by atoms with Crippen LogP contribution >= 0.6 is 0 Å². The topological polar surface area (TPSA) is 190 Å². The maximum atomic E-state index is 13.3. The van der Waals surface area contributed by atoms with Gasteiger partial charge >= 0.3 is 23.1 Å². The monoisotopic (exact) mass is 525 g/mol. The van der Waals surface area contributed by atoms with Crippen molar-refractivity contribution in [2.45, 2.75) is 13.0 Å². The average Bonchev–Trinajstić information content (AvgIpc) is 2.91. The number of nitrogens with zero attached hydrogens (tertiary/aromatic N) is 3. The summed E-state index contributed by atoms with van der Waals surface area (Å²) >= 11 is 0. The number of anilines is 1. The van der Waals surface area contributed by atoms with Crippen molar-refractivity contribution in [3.05, 3.63) is 62.2 Å². The van der Waals surface area contributed by atoms with E-state index in [0.29, 0.717) is 0 Å². The SMILES string of the molecule is COC(=O)c1ccc(C(=O)OC)c(N=NC(C(C)=O)C(=O)N(C)c2cc3[nH]c(=O)c(=O)[nH]c3cc2OC)c1. The van der Waals surface area contributed by atoms with E-state index in [4.69, 9.17) is 9.47 Å². The third-order valence-corrected chi connectivity index (χ3v) is 5.44. The number of carbonyl (C=O) groups excluding carboxylic acids is 4. The molecule has 0 saturated heterocycles. The predicted octanol–water partition coefficient (Wildman–Crippen LogP) is 1.50. The molecule has 3 aromatic rings. The summed E-state index contributed by atoms with van der Waals surface area (Å²) in [5.41, 5.74) is -1.31. The van der Waals surface area contributed by atoms with Crippen molar-refractivity contribution in [1.82, 2.24) is 9.97 Å². The normalized spacial score (nSPS) is 11.7. The van der Waals surface area contributed by atoms with Crippen LogP contribution in [0.1, 0.15) is 27.6 Å². The molecule has 0 aliphatic carbocycles. The number of ether oxygens (including phenoxy) is 3. The van der Waals surface area contributed by atoms with E-state index in [2.05, 4.69) is 24.9 Å². The van der Waals surface area contributed by atoms with Gasteiger partial charge in [-0.15, -0.1) is 0 Å². The van der Waals surface area contributed by atoms with Crippen LogP contribution in [0.5, 0.6) is 5.75 Å². The minimum atomic E-state index is -1.65. The number of likely N-dealkylation sites (N-methyl/N-ethyl adjacent to an activating group) is 1. The molecule has 0 aliphatic heterocycles. The highest BCUT2D eigenvalue weighted by atomic mass is 16.5. The number of ketones is 1. The van der Waals surface area contributed by atoms with Gasteiger partial charge in [-0.2, -0.15) is 10.2 Å². The van der Waals surface area contributed by atoms with Gasteiger partial charge in [0.1, 0.15) is 11.4 Å². The largest absolute Gasteiger partial charge is 0.494 e. The highest BCUT2D eigenvalue weighted by molar-refractivity contribution is 6.12. The summed E-state index contributed by atoms with van der Waals surface area (Å²) in [6, 6.07) is 4.93. The second-order valence-corrected chi connectivity index (χ2v) is 7.82. The molecule has 0 bridgehead atoms. The van der Waals surface area contributed by atoms with Crippen LogP contribution in [0.4, 0.5) is 11.4 Å². The quantitative estimate of drug-likeness (QED) is 0.190. The molecule has 2 N–H and O–H groups in total. The van der Waals surface area contributed by atoms with E-state index in [0.717, 1.165) is 18.9 Å². The van der Waals surface area contributed by atoms with Crippen LogP contribution in [0.25, 0.3) is 11.0 Å². The van der Waals surface area contributed by atoms with Gasteiger partial charge in [0.15, 0.2) is 5.78 Å². The Kier molecular flexibility index (Phi) is 8.15. The maximum absolute atomic E-state index is 13.3. The third kappa shape index (κ3) is 5.48. The molecule has 14 heteroatoms. The van der Waals surface area contributed by atoms with Crippen LogP contribution in [-0.2, 0) is 19.1 Å². The van der Waals surface area contributed by atoms with Gasteiger partial charge in [-0.25, -0.2) is 9.59 Å². The number of aromatic amines is 2. The molecule has 1 heterocycles. The zero-order chi connectivity index (χ0) is 28.1. The van der Waals surface area contributed by atoms with Gasteiger partial charge in [-0.05, 0) is 31.2 Å². The summed E-state index contributed by atoms with van der Waals surface area (Å²) in [7, 11) is 5.00. The third-order valence-electron chi connectivity index (χ3n) is 5.44. The molecule has 0 aliphatic rings. The second-order valence-electron chi connectivity index (χ2n) is 7.82. The van der Waals surface area contributed by atoms with E-state index < -0.39 is 40.8 Å². The first kappa shape index (κ1) is 27.4. The van der Waals surface area contributed by atoms with Crippen molar-refractivity contribution in [3.8, 4) is 5.75 Å². The molecule has 198 valence electrons. The minimum absolute atomic E-state index is 0.0462. The number of fused-ring (bicyclic) bond motifs is 1. The fourth-order valence-corrected chi connectivity index (χ4v) is 3.43. The Morgan fingerprint density at radius 1 is 0.895 bits per heavy atom. The number of methoxy groups -OCH3 is 3. The number of hydrogen-bond donors (Lipinski definition) is 2. The van der Waals surface area contributed by atoms with Gasteiger partial charge in [0.25, 0.3) is 5.91 Å². The number of H-pyrrole nitrogens is 2. The van der Waals surface area contributed by atoms with Crippen molar-refractivity contribution >= 4 is 46.0 Å². The molecule has 38 heavy (non-hydrogen) atoms. The van der Waals surface area contributed by atoms with E-state index >= 15 is 0 Å². The van der Waals surface area contributed by atoms with Gasteiger partial charge in [-0.1, -0.05) is 0 Å². The van der Waals surface area contributed by atoms with Crippen molar-refractivity contribution in [2.24, 2.45) is 10.2 Å². The first-order valence-corrected chi connectivity index (χ1v) is 10.9. The Labute approximate surface area is 214 Å². The van der Waals surface area contributed by atoms with Crippen LogP contribution in [-0.4, -0.2) is 68.0 Å². The maximum Gasteiger partial charge on any atom is 0.340 e. The number of Topliss-reactive ketones (excluding diaryl/α,β-unsaturated/α-hetero) is 1. The van der Waals surface area contributed by atoms with Crippen molar-refractivity contribution in [3.63, 3.8) is 0 Å². The number of rotatable bonds is 8. The fourth-order valence-electron chi connectivity index (χ4n) is 3.43. The van der Waals surface area contributed by atoms with E-state index in [-0.39, 0.29) is 39.3 Å². The molecule has 1 aromatic heterocycles. The van der Waals surface area contributed by atoms with Crippen LogP contribution in [0.15, 0.2) is 50.1 Å². The standard InChI is InChI=1S/C24H23N5O9/c1-11(30)19(28-27-14-8-12(23(34)37-4)6-7-13(14)24(35)38-5)22(33)29(2)17-9-15-16(10-18(17)36-3)26-21(32)20(31)25-15/h6-10,19H,1-5H3,(H,25,31)(H,26,32). The number of aromatic nitrogens is 2. The van der Waals surface area contributed by atoms with E-state index in [1.165, 1.54) is 51.6 Å². The summed E-state index contributed by atoms with van der Waals surface area (Å²) in [6.45, 7) is 1.13. The van der Waals surface area contributed by atoms with E-state index in [1.807, 2.05) is 0 Å². The highest BCUT2D eigenvalue weighted by Crippen LogP contribution is 2.31. The number of amides is 1. The van der Waals surface area contributed by atoms with Gasteiger partial charge in [0.2, 0.25) is 6.04 Å². The van der Waals surface area contributed by atoms with E-state index in [9.17, 15) is 28.8 Å². The molecule has 0 fully saturated rings. The molecule has 3 rings (SSSR count). The average molecular weight is 525 g/mol. The van der Waals surface area contributed by atoms with Crippen LogP contribution < -0.4 is 20.8 Å². The molecule has 0 radical (unpaired) electrons. The molecular weight excluding hydrogens is 502 g/mol. The first-order chi connectivity index (χ1) is 18.0. The summed E-state index contributed by atoms with van der Waals surface area (Å²) in [5, 5.41) is 7.78. The van der Waals surface area contributed by atoms with Crippen molar-refractivity contribution < 1.29 is 33.4 Å². The minimum Gasteiger partial charge on any atom is -0.494 e. The van der Waals surface area contributed by atoms with Gasteiger partial charge in [0.05, 0.1) is 49.2 Å². The number of benzene rings is 2. The Balaban J connectivity index is 2.05. The summed E-state index contributed by atoms with van der Waals surface area (Å²) in [5.74, 6) is -2.85. The smallest absolute Gasteiger partial charge is 0.340 e. The van der Waals surface area contributed by atoms with Crippen LogP contribution in [0.2, 0.25) is 0 Å². The Hall–Kier alpha value is -5.14. The fraction of sp³-hybridized carbons (Fsp3) is 0.250. The number of carbonyl (C=O) groups is 4. The summed E-state index contributed by atoms with van der Waals surface area (Å²) < 4.78 is 14.7. The molecule has 1 unspecified atom stereocenters. The molecular formula is C24H23N5O9. The van der Waals surface area contributed by atoms with Gasteiger partial charge in [0, 0.05) is 13.1 Å². The molecule has 2 aromatic carbocycles. The van der Waals surface area contributed by atoms with E-state index in [1.54, 1.807) is 0 Å². The second kappa shape index (κ2) is 11.3.